The molecule has 0 atom stereocenters. The minimum Gasteiger partial charge on any atom is -0.355 e. The van der Waals surface area contributed by atoms with Crippen molar-refractivity contribution in [1.29, 1.82) is 0 Å². The molecule has 1 N–H and O–H groups in total. The molecule has 1 heterocycles. The number of rotatable bonds is 3. The summed E-state index contributed by atoms with van der Waals surface area (Å²) in [5.74, 6) is 0.178. The summed E-state index contributed by atoms with van der Waals surface area (Å²) in [5.41, 5.74) is 2.83. The zero-order chi connectivity index (χ0) is 15.5. The smallest absolute Gasteiger partial charge is 0.277 e. The van der Waals surface area contributed by atoms with Gasteiger partial charge in [-0.05, 0) is 31.2 Å². The van der Waals surface area contributed by atoms with Crippen LogP contribution < -0.4 is 5.32 Å². The van der Waals surface area contributed by atoms with Gasteiger partial charge in [0.2, 0.25) is 0 Å². The molecule has 0 saturated carbocycles. The van der Waals surface area contributed by atoms with E-state index in [9.17, 15) is 4.79 Å². The molecule has 1 amide bonds. The molecule has 0 aliphatic heterocycles. The van der Waals surface area contributed by atoms with Gasteiger partial charge in [-0.3, -0.25) is 4.79 Å². The fourth-order valence-electron chi connectivity index (χ4n) is 1.99. The van der Waals surface area contributed by atoms with Crippen molar-refractivity contribution in [2.24, 2.45) is 0 Å². The number of anilines is 1. The number of halogens is 1. The van der Waals surface area contributed by atoms with Crippen LogP contribution in [-0.2, 0) is 0 Å². The topological polar surface area (TPSA) is 55.1 Å². The summed E-state index contributed by atoms with van der Waals surface area (Å²) in [7, 11) is 0. The largest absolute Gasteiger partial charge is 0.355 e. The summed E-state index contributed by atoms with van der Waals surface area (Å²) < 4.78 is 5.21. The van der Waals surface area contributed by atoms with Gasteiger partial charge in [-0.2, -0.15) is 0 Å². The molecule has 4 nitrogen and oxygen atoms in total. The van der Waals surface area contributed by atoms with E-state index >= 15 is 0 Å². The monoisotopic (exact) mass is 312 g/mol. The molecule has 0 aliphatic carbocycles. The zero-order valence-corrected chi connectivity index (χ0v) is 12.6. The predicted octanol–water partition coefficient (Wildman–Crippen LogP) is 4.56. The number of hydrogen-bond acceptors (Lipinski definition) is 3. The van der Waals surface area contributed by atoms with Crippen molar-refractivity contribution >= 4 is 23.2 Å². The lowest BCUT2D eigenvalue weighted by molar-refractivity contribution is 0.101. The van der Waals surface area contributed by atoms with Gasteiger partial charge < -0.3 is 9.84 Å². The second kappa shape index (κ2) is 6.03. The maximum atomic E-state index is 12.2. The Morgan fingerprint density at radius 1 is 1.14 bits per heavy atom. The van der Waals surface area contributed by atoms with E-state index in [0.717, 1.165) is 11.1 Å². The molecule has 1 aromatic heterocycles. The summed E-state index contributed by atoms with van der Waals surface area (Å²) in [4.78, 5) is 12.2. The number of nitrogens with one attached hydrogen (secondary N) is 1. The molecule has 22 heavy (non-hydrogen) atoms. The summed E-state index contributed by atoms with van der Waals surface area (Å²) in [6.07, 6.45) is 0. The molecule has 0 spiro atoms. The van der Waals surface area contributed by atoms with Crippen LogP contribution in [0.1, 0.15) is 16.1 Å². The highest BCUT2D eigenvalue weighted by Gasteiger charge is 2.14. The standard InChI is InChI=1S/C17H13ClN2O2/c1-11-5-7-14(8-6-11)19-17(21)15-10-16(22-20-15)12-3-2-4-13(18)9-12/h2-10H,1H3,(H,19,21). The minimum atomic E-state index is -0.319. The van der Waals surface area contributed by atoms with E-state index in [2.05, 4.69) is 10.5 Å². The lowest BCUT2D eigenvalue weighted by Crippen LogP contribution is -2.11. The van der Waals surface area contributed by atoms with Crippen molar-refractivity contribution < 1.29 is 9.32 Å². The Bertz CT molecular complexity index is 810. The van der Waals surface area contributed by atoms with Crippen molar-refractivity contribution in [3.63, 3.8) is 0 Å². The third kappa shape index (κ3) is 3.18. The summed E-state index contributed by atoms with van der Waals surface area (Å²) in [5, 5.41) is 7.18. The number of amides is 1. The van der Waals surface area contributed by atoms with E-state index in [1.807, 2.05) is 43.3 Å². The highest BCUT2D eigenvalue weighted by molar-refractivity contribution is 6.30. The molecule has 0 saturated heterocycles. The van der Waals surface area contributed by atoms with E-state index in [-0.39, 0.29) is 11.6 Å². The van der Waals surface area contributed by atoms with Crippen molar-refractivity contribution in [3.8, 4) is 11.3 Å². The Morgan fingerprint density at radius 2 is 1.91 bits per heavy atom. The van der Waals surface area contributed by atoms with E-state index in [1.165, 1.54) is 0 Å². The van der Waals surface area contributed by atoms with E-state index < -0.39 is 0 Å². The number of carbonyl (C=O) groups is 1. The summed E-state index contributed by atoms with van der Waals surface area (Å²) in [6.45, 7) is 1.99. The Kier molecular flexibility index (Phi) is 3.94. The van der Waals surface area contributed by atoms with Crippen LogP contribution in [0.5, 0.6) is 0 Å². The molecule has 5 heteroatoms. The minimum absolute atomic E-state index is 0.218. The van der Waals surface area contributed by atoms with Gasteiger partial charge in [0.25, 0.3) is 5.91 Å². The Balaban J connectivity index is 1.78. The average Bonchev–Trinajstić information content (AvgIpc) is 3.00. The van der Waals surface area contributed by atoms with Gasteiger partial charge in [0, 0.05) is 22.3 Å². The van der Waals surface area contributed by atoms with Crippen LogP contribution in [-0.4, -0.2) is 11.1 Å². The van der Waals surface area contributed by atoms with Crippen LogP contribution in [0, 0.1) is 6.92 Å². The number of aromatic nitrogens is 1. The van der Waals surface area contributed by atoms with Crippen molar-refractivity contribution in [1.82, 2.24) is 5.16 Å². The van der Waals surface area contributed by atoms with Crippen molar-refractivity contribution in [2.45, 2.75) is 6.92 Å². The van der Waals surface area contributed by atoms with Crippen LogP contribution >= 0.6 is 11.6 Å². The number of carbonyl (C=O) groups excluding carboxylic acids is 1. The number of aryl methyl sites for hydroxylation is 1. The number of hydrogen-bond donors (Lipinski definition) is 1. The first-order valence-electron chi connectivity index (χ1n) is 6.72. The van der Waals surface area contributed by atoms with E-state index in [4.69, 9.17) is 16.1 Å². The number of nitrogens with zero attached hydrogens (tertiary/aromatic N) is 1. The highest BCUT2D eigenvalue weighted by Crippen LogP contribution is 2.23. The zero-order valence-electron chi connectivity index (χ0n) is 11.8. The van der Waals surface area contributed by atoms with Crippen LogP contribution in [0.15, 0.2) is 59.1 Å². The molecular weight excluding hydrogens is 300 g/mol. The van der Waals surface area contributed by atoms with Gasteiger partial charge in [-0.15, -0.1) is 0 Å². The van der Waals surface area contributed by atoms with E-state index in [1.54, 1.807) is 18.2 Å². The van der Waals surface area contributed by atoms with Gasteiger partial charge in [-0.1, -0.05) is 46.6 Å². The summed E-state index contributed by atoms with van der Waals surface area (Å²) >= 11 is 5.94. The first kappa shape index (κ1) is 14.4. The molecule has 0 aliphatic rings. The Hall–Kier alpha value is -2.59. The molecule has 0 fully saturated rings. The van der Waals surface area contributed by atoms with Crippen molar-refractivity contribution in [2.75, 3.05) is 5.32 Å². The van der Waals surface area contributed by atoms with Gasteiger partial charge in [0.05, 0.1) is 0 Å². The quantitative estimate of drug-likeness (QED) is 0.771. The van der Waals surface area contributed by atoms with Crippen molar-refractivity contribution in [3.05, 3.63) is 70.9 Å². The average molecular weight is 313 g/mol. The Morgan fingerprint density at radius 3 is 2.64 bits per heavy atom. The molecule has 110 valence electrons. The third-order valence-electron chi connectivity index (χ3n) is 3.16. The lowest BCUT2D eigenvalue weighted by Gasteiger charge is -2.02. The highest BCUT2D eigenvalue weighted by atomic mass is 35.5. The molecule has 3 aromatic rings. The third-order valence-corrected chi connectivity index (χ3v) is 3.40. The SMILES string of the molecule is Cc1ccc(NC(=O)c2cc(-c3cccc(Cl)c3)on2)cc1. The van der Waals surface area contributed by atoms with Crippen LogP contribution in [0.3, 0.4) is 0 Å². The fourth-order valence-corrected chi connectivity index (χ4v) is 2.18. The molecule has 2 aromatic carbocycles. The maximum Gasteiger partial charge on any atom is 0.277 e. The molecule has 0 unspecified atom stereocenters. The van der Waals surface area contributed by atoms with E-state index in [0.29, 0.717) is 16.5 Å². The second-order valence-corrected chi connectivity index (χ2v) is 5.34. The first-order chi connectivity index (χ1) is 10.6. The molecule has 0 radical (unpaired) electrons. The molecule has 3 rings (SSSR count). The van der Waals surface area contributed by atoms with Gasteiger partial charge in [0.15, 0.2) is 11.5 Å². The lowest BCUT2D eigenvalue weighted by atomic mass is 10.1. The normalized spacial score (nSPS) is 10.5. The second-order valence-electron chi connectivity index (χ2n) is 4.91. The van der Waals surface area contributed by atoms with Crippen LogP contribution in [0.2, 0.25) is 5.02 Å². The molecular formula is C17H13ClN2O2. The molecule has 0 bridgehead atoms. The summed E-state index contributed by atoms with van der Waals surface area (Å²) in [6, 6.07) is 16.3. The fraction of sp³-hybridized carbons (Fsp3) is 0.0588. The Labute approximate surface area is 132 Å². The van der Waals surface area contributed by atoms with Gasteiger partial charge in [-0.25, -0.2) is 0 Å². The van der Waals surface area contributed by atoms with Crippen LogP contribution in [0.4, 0.5) is 5.69 Å². The van der Waals surface area contributed by atoms with Crippen LogP contribution in [0.25, 0.3) is 11.3 Å². The number of benzene rings is 2. The van der Waals surface area contributed by atoms with Gasteiger partial charge in [0.1, 0.15) is 0 Å². The predicted molar refractivity (Wildman–Crippen MR) is 86.1 cm³/mol. The maximum absolute atomic E-state index is 12.2. The first-order valence-corrected chi connectivity index (χ1v) is 7.10. The van der Waals surface area contributed by atoms with Gasteiger partial charge >= 0.3 is 0 Å².